The molecule has 1 amide bonds. The maximum Gasteiger partial charge on any atom is 0.221 e. The smallest absolute Gasteiger partial charge is 0.221 e. The van der Waals surface area contributed by atoms with Crippen LogP contribution in [-0.2, 0) is 21.4 Å². The topological polar surface area (TPSA) is 79.4 Å². The summed E-state index contributed by atoms with van der Waals surface area (Å²) in [4.78, 5) is 15.6. The molecule has 0 spiro atoms. The second-order valence-corrected chi connectivity index (χ2v) is 6.78. The van der Waals surface area contributed by atoms with E-state index in [9.17, 15) is 13.2 Å². The number of aromatic nitrogens is 1. The molecule has 6 nitrogen and oxygen atoms in total. The molecule has 20 heavy (non-hydrogen) atoms. The summed E-state index contributed by atoms with van der Waals surface area (Å²) in [7, 11) is -3.28. The number of rotatable bonds is 7. The minimum absolute atomic E-state index is 0.149. The molecule has 0 saturated carbocycles. The Labute approximate surface area is 120 Å². The highest BCUT2D eigenvalue weighted by Crippen LogP contribution is 2.06. The highest BCUT2D eigenvalue weighted by atomic mass is 32.2. The van der Waals surface area contributed by atoms with Gasteiger partial charge in [0.2, 0.25) is 15.9 Å². The Morgan fingerprint density at radius 3 is 2.45 bits per heavy atom. The Kier molecular flexibility index (Phi) is 6.09. The molecule has 1 aromatic heterocycles. The van der Waals surface area contributed by atoms with Crippen molar-refractivity contribution in [3.05, 3.63) is 30.1 Å². The van der Waals surface area contributed by atoms with Gasteiger partial charge in [0.25, 0.3) is 0 Å². The minimum Gasteiger partial charge on any atom is -0.352 e. The number of nitrogens with one attached hydrogen (secondary N) is 1. The molecule has 0 aliphatic carbocycles. The molecule has 0 aromatic carbocycles. The van der Waals surface area contributed by atoms with Gasteiger partial charge in [-0.15, -0.1) is 0 Å². The fraction of sp³-hybridized carbons (Fsp3) is 0.538. The lowest BCUT2D eigenvalue weighted by Crippen LogP contribution is -2.39. The van der Waals surface area contributed by atoms with E-state index in [4.69, 9.17) is 0 Å². The van der Waals surface area contributed by atoms with Crippen molar-refractivity contribution in [1.82, 2.24) is 14.6 Å². The number of carbonyl (C=O) groups excluding carboxylic acids is 1. The largest absolute Gasteiger partial charge is 0.352 e. The third-order valence-corrected chi connectivity index (χ3v) is 4.26. The molecule has 1 heterocycles. The second-order valence-electron chi connectivity index (χ2n) is 4.85. The van der Waals surface area contributed by atoms with E-state index < -0.39 is 10.0 Å². The maximum absolute atomic E-state index is 11.7. The Balaban J connectivity index is 2.43. The van der Waals surface area contributed by atoms with Gasteiger partial charge in [0.1, 0.15) is 0 Å². The molecular formula is C13H21N3O3S. The van der Waals surface area contributed by atoms with Gasteiger partial charge in [0.05, 0.1) is 6.26 Å². The normalized spacial score (nSPS) is 11.8. The zero-order valence-electron chi connectivity index (χ0n) is 12.0. The van der Waals surface area contributed by atoms with Crippen LogP contribution in [0.25, 0.3) is 0 Å². The Morgan fingerprint density at radius 2 is 1.95 bits per heavy atom. The highest BCUT2D eigenvalue weighted by molar-refractivity contribution is 7.88. The van der Waals surface area contributed by atoms with Gasteiger partial charge in [0.15, 0.2) is 0 Å². The number of nitrogens with zero attached hydrogens (tertiary/aromatic N) is 2. The zero-order chi connectivity index (χ0) is 15.2. The van der Waals surface area contributed by atoms with Gasteiger partial charge in [-0.1, -0.05) is 0 Å². The molecular weight excluding hydrogens is 278 g/mol. The minimum atomic E-state index is -3.28. The first-order valence-electron chi connectivity index (χ1n) is 6.43. The van der Waals surface area contributed by atoms with Gasteiger partial charge in [-0.05, 0) is 31.5 Å². The Hall–Kier alpha value is -1.47. The van der Waals surface area contributed by atoms with Gasteiger partial charge in [-0.25, -0.2) is 8.42 Å². The van der Waals surface area contributed by atoms with E-state index in [0.29, 0.717) is 6.54 Å². The number of hydrogen-bond acceptors (Lipinski definition) is 4. The van der Waals surface area contributed by atoms with Crippen LogP contribution in [0.3, 0.4) is 0 Å². The van der Waals surface area contributed by atoms with Gasteiger partial charge < -0.3 is 5.32 Å². The van der Waals surface area contributed by atoms with Crippen LogP contribution >= 0.6 is 0 Å². The van der Waals surface area contributed by atoms with Crippen LogP contribution < -0.4 is 5.32 Å². The summed E-state index contributed by atoms with van der Waals surface area (Å²) in [6.07, 6.45) is 4.62. The third kappa shape index (κ3) is 5.66. The second kappa shape index (κ2) is 7.35. The summed E-state index contributed by atoms with van der Waals surface area (Å²) in [5, 5.41) is 2.76. The molecule has 112 valence electrons. The lowest BCUT2D eigenvalue weighted by atomic mass is 10.2. The molecule has 7 heteroatoms. The van der Waals surface area contributed by atoms with Crippen LogP contribution in [-0.4, -0.2) is 42.5 Å². The summed E-state index contributed by atoms with van der Waals surface area (Å²) in [5.41, 5.74) is 0.956. The van der Waals surface area contributed by atoms with Crippen LogP contribution in [0, 0.1) is 0 Å². The molecule has 0 aliphatic rings. The van der Waals surface area contributed by atoms with E-state index in [2.05, 4.69) is 10.3 Å². The van der Waals surface area contributed by atoms with Crippen molar-refractivity contribution in [3.63, 3.8) is 0 Å². The van der Waals surface area contributed by atoms with E-state index in [1.807, 2.05) is 12.1 Å². The highest BCUT2D eigenvalue weighted by Gasteiger charge is 2.20. The number of sulfonamides is 1. The van der Waals surface area contributed by atoms with Crippen molar-refractivity contribution >= 4 is 15.9 Å². The van der Waals surface area contributed by atoms with E-state index in [1.54, 1.807) is 26.2 Å². The summed E-state index contributed by atoms with van der Waals surface area (Å²) >= 11 is 0. The number of carbonyl (C=O) groups is 1. The van der Waals surface area contributed by atoms with Gasteiger partial charge in [-0.2, -0.15) is 4.31 Å². The molecule has 1 aromatic rings. The van der Waals surface area contributed by atoms with Gasteiger partial charge in [0, 0.05) is 37.9 Å². The van der Waals surface area contributed by atoms with E-state index in [-0.39, 0.29) is 24.9 Å². The molecule has 0 fully saturated rings. The van der Waals surface area contributed by atoms with E-state index in [1.165, 1.54) is 4.31 Å². The lowest BCUT2D eigenvalue weighted by Gasteiger charge is -2.23. The predicted octanol–water partition coefficient (Wildman–Crippen LogP) is 0.758. The van der Waals surface area contributed by atoms with Crippen LogP contribution in [0.15, 0.2) is 24.5 Å². The molecule has 1 rings (SSSR count). The average molecular weight is 299 g/mol. The van der Waals surface area contributed by atoms with Crippen LogP contribution in [0.1, 0.15) is 25.8 Å². The summed E-state index contributed by atoms with van der Waals surface area (Å²) in [6.45, 7) is 4.19. The summed E-state index contributed by atoms with van der Waals surface area (Å²) < 4.78 is 24.4. The fourth-order valence-corrected chi connectivity index (χ4v) is 3.00. The summed E-state index contributed by atoms with van der Waals surface area (Å²) in [6, 6.07) is 3.48. The number of pyridine rings is 1. The lowest BCUT2D eigenvalue weighted by molar-refractivity contribution is -0.121. The van der Waals surface area contributed by atoms with E-state index in [0.717, 1.165) is 11.8 Å². The summed E-state index contributed by atoms with van der Waals surface area (Å²) in [5.74, 6) is -0.170. The standard InChI is InChI=1S/C13H21N3O3S/c1-11(2)16(20(3,18)19)9-6-13(17)15-10-12-4-7-14-8-5-12/h4-5,7-8,11H,6,9-10H2,1-3H3,(H,15,17). The first-order chi connectivity index (χ1) is 9.30. The number of amides is 1. The molecule has 0 saturated heterocycles. The maximum atomic E-state index is 11.7. The monoisotopic (exact) mass is 299 g/mol. The van der Waals surface area contributed by atoms with Crippen LogP contribution in [0.2, 0.25) is 0 Å². The van der Waals surface area contributed by atoms with Crippen molar-refractivity contribution < 1.29 is 13.2 Å². The van der Waals surface area contributed by atoms with Crippen molar-refractivity contribution in [1.29, 1.82) is 0 Å². The van der Waals surface area contributed by atoms with Crippen LogP contribution in [0.5, 0.6) is 0 Å². The molecule has 0 radical (unpaired) electrons. The molecule has 1 N–H and O–H groups in total. The fourth-order valence-electron chi connectivity index (χ4n) is 1.81. The van der Waals surface area contributed by atoms with Crippen molar-refractivity contribution in [2.45, 2.75) is 32.9 Å². The van der Waals surface area contributed by atoms with Crippen molar-refractivity contribution in [2.75, 3.05) is 12.8 Å². The van der Waals surface area contributed by atoms with E-state index >= 15 is 0 Å². The SMILES string of the molecule is CC(C)N(CCC(=O)NCc1ccncc1)S(C)(=O)=O. The Morgan fingerprint density at radius 1 is 1.35 bits per heavy atom. The molecule has 0 unspecified atom stereocenters. The molecule has 0 aliphatic heterocycles. The predicted molar refractivity (Wildman–Crippen MR) is 77.4 cm³/mol. The number of hydrogen-bond donors (Lipinski definition) is 1. The van der Waals surface area contributed by atoms with Crippen molar-refractivity contribution in [3.8, 4) is 0 Å². The first-order valence-corrected chi connectivity index (χ1v) is 8.28. The molecule has 0 atom stereocenters. The van der Waals surface area contributed by atoms with Gasteiger partial charge >= 0.3 is 0 Å². The first kappa shape index (κ1) is 16.6. The zero-order valence-corrected chi connectivity index (χ0v) is 12.9. The third-order valence-electron chi connectivity index (χ3n) is 2.80. The Bertz CT molecular complexity index is 529. The quantitative estimate of drug-likeness (QED) is 0.806. The van der Waals surface area contributed by atoms with Gasteiger partial charge in [-0.3, -0.25) is 9.78 Å². The van der Waals surface area contributed by atoms with Crippen molar-refractivity contribution in [2.24, 2.45) is 0 Å². The molecule has 0 bridgehead atoms. The van der Waals surface area contributed by atoms with Crippen LogP contribution in [0.4, 0.5) is 0 Å². The average Bonchev–Trinajstić information content (AvgIpc) is 2.35.